The average molecular weight is 293 g/mol. The van der Waals surface area contributed by atoms with Crippen LogP contribution >= 0.6 is 11.8 Å². The van der Waals surface area contributed by atoms with E-state index in [-0.39, 0.29) is 0 Å². The second-order valence-corrected chi connectivity index (χ2v) is 6.76. The van der Waals surface area contributed by atoms with Crippen LogP contribution in [-0.2, 0) is 13.0 Å². The lowest BCUT2D eigenvalue weighted by Gasteiger charge is -2.14. The van der Waals surface area contributed by atoms with Gasteiger partial charge in [-0.2, -0.15) is 5.26 Å². The minimum atomic E-state index is -0.684. The molecule has 0 aromatic carbocycles. The first-order valence-electron chi connectivity index (χ1n) is 7.37. The van der Waals surface area contributed by atoms with Crippen molar-refractivity contribution in [2.24, 2.45) is 5.73 Å². The molecule has 0 bridgehead atoms. The molecule has 1 aliphatic rings. The Bertz CT molecular complexity index is 474. The fourth-order valence-electron chi connectivity index (χ4n) is 2.38. The first-order valence-corrected chi connectivity index (χ1v) is 8.36. The van der Waals surface area contributed by atoms with Gasteiger partial charge in [0.25, 0.3) is 0 Å². The molecule has 0 fully saturated rings. The van der Waals surface area contributed by atoms with E-state index >= 15 is 0 Å². The number of hydrogen-bond acceptors (Lipinski definition) is 5. The number of nitrogens with two attached hydrogens (primary N) is 1. The van der Waals surface area contributed by atoms with Gasteiger partial charge >= 0.3 is 0 Å². The summed E-state index contributed by atoms with van der Waals surface area (Å²) in [7, 11) is 0. The summed E-state index contributed by atoms with van der Waals surface area (Å²) in [4.78, 5) is 0. The zero-order valence-corrected chi connectivity index (χ0v) is 13.0. The van der Waals surface area contributed by atoms with Crippen molar-refractivity contribution in [2.45, 2.75) is 69.1 Å². The van der Waals surface area contributed by atoms with Gasteiger partial charge in [0.2, 0.25) is 0 Å². The number of nitriles is 1. The molecular formula is C14H23N5S. The molecule has 2 rings (SSSR count). The standard InChI is InChI=1S/C14H23N5S/c1-14(16,11-15)8-4-6-10-20-13-18-17-12-7-3-2-5-9-19(12)13/h2-10,16H2,1H3. The van der Waals surface area contributed by atoms with Crippen molar-refractivity contribution < 1.29 is 0 Å². The van der Waals surface area contributed by atoms with Crippen molar-refractivity contribution >= 4 is 11.8 Å². The van der Waals surface area contributed by atoms with Gasteiger partial charge in [0.15, 0.2) is 5.16 Å². The molecule has 1 atom stereocenters. The lowest BCUT2D eigenvalue weighted by Crippen LogP contribution is -2.33. The van der Waals surface area contributed by atoms with Gasteiger partial charge in [0.1, 0.15) is 11.4 Å². The number of rotatable bonds is 6. The van der Waals surface area contributed by atoms with Crippen LogP contribution < -0.4 is 5.73 Å². The van der Waals surface area contributed by atoms with Crippen molar-refractivity contribution in [1.29, 1.82) is 5.26 Å². The zero-order valence-electron chi connectivity index (χ0n) is 12.1. The Morgan fingerprint density at radius 1 is 1.35 bits per heavy atom. The molecule has 2 N–H and O–H groups in total. The summed E-state index contributed by atoms with van der Waals surface area (Å²) in [6.45, 7) is 2.85. The Hall–Kier alpha value is -1.06. The summed E-state index contributed by atoms with van der Waals surface area (Å²) in [6.07, 6.45) is 7.59. The highest BCUT2D eigenvalue weighted by atomic mass is 32.2. The Morgan fingerprint density at radius 2 is 2.20 bits per heavy atom. The molecular weight excluding hydrogens is 270 g/mol. The molecule has 0 saturated carbocycles. The molecule has 2 heterocycles. The summed E-state index contributed by atoms with van der Waals surface area (Å²) >= 11 is 1.77. The lowest BCUT2D eigenvalue weighted by atomic mass is 9.99. The van der Waals surface area contributed by atoms with Crippen molar-refractivity contribution in [1.82, 2.24) is 14.8 Å². The number of hydrogen-bond donors (Lipinski definition) is 1. The second-order valence-electron chi connectivity index (χ2n) is 5.70. The first-order chi connectivity index (χ1) is 9.62. The van der Waals surface area contributed by atoms with Crippen LogP contribution in [-0.4, -0.2) is 26.1 Å². The zero-order chi connectivity index (χ0) is 14.4. The van der Waals surface area contributed by atoms with E-state index in [1.165, 1.54) is 19.3 Å². The highest BCUT2D eigenvalue weighted by Gasteiger charge is 2.17. The van der Waals surface area contributed by atoms with Crippen molar-refractivity contribution in [3.8, 4) is 6.07 Å². The van der Waals surface area contributed by atoms with E-state index in [1.807, 2.05) is 0 Å². The van der Waals surface area contributed by atoms with E-state index in [0.717, 1.165) is 49.0 Å². The van der Waals surface area contributed by atoms with Crippen LogP contribution in [0.15, 0.2) is 5.16 Å². The number of aryl methyl sites for hydroxylation is 1. The van der Waals surface area contributed by atoms with E-state index in [2.05, 4.69) is 20.8 Å². The first kappa shape index (κ1) is 15.3. The minimum Gasteiger partial charge on any atom is -0.314 e. The summed E-state index contributed by atoms with van der Waals surface area (Å²) in [5, 5.41) is 18.5. The van der Waals surface area contributed by atoms with Crippen LogP contribution in [0.1, 0.15) is 51.3 Å². The van der Waals surface area contributed by atoms with E-state index < -0.39 is 5.54 Å². The molecule has 0 spiro atoms. The quantitative estimate of drug-likeness (QED) is 0.644. The molecule has 0 amide bonds. The lowest BCUT2D eigenvalue weighted by molar-refractivity contribution is 0.518. The van der Waals surface area contributed by atoms with Gasteiger partial charge in [0, 0.05) is 18.7 Å². The summed E-state index contributed by atoms with van der Waals surface area (Å²) in [6, 6.07) is 2.14. The fraction of sp³-hybridized carbons (Fsp3) is 0.786. The predicted octanol–water partition coefficient (Wildman–Crippen LogP) is 2.51. The van der Waals surface area contributed by atoms with Crippen molar-refractivity contribution in [2.75, 3.05) is 5.75 Å². The van der Waals surface area contributed by atoms with Crippen LogP contribution in [0.3, 0.4) is 0 Å². The number of unbranched alkanes of at least 4 members (excludes halogenated alkanes) is 1. The molecule has 0 radical (unpaired) electrons. The van der Waals surface area contributed by atoms with Crippen LogP contribution in [0.25, 0.3) is 0 Å². The van der Waals surface area contributed by atoms with E-state index in [4.69, 9.17) is 11.0 Å². The number of nitrogens with zero attached hydrogens (tertiary/aromatic N) is 4. The summed E-state index contributed by atoms with van der Waals surface area (Å²) in [5.74, 6) is 2.16. The van der Waals surface area contributed by atoms with Gasteiger partial charge in [-0.15, -0.1) is 10.2 Å². The fourth-order valence-corrected chi connectivity index (χ4v) is 3.36. The second kappa shape index (κ2) is 7.09. The van der Waals surface area contributed by atoms with E-state index in [0.29, 0.717) is 0 Å². The van der Waals surface area contributed by atoms with E-state index in [1.54, 1.807) is 18.7 Å². The topological polar surface area (TPSA) is 80.5 Å². The number of thioether (sulfide) groups is 1. The van der Waals surface area contributed by atoms with E-state index in [9.17, 15) is 0 Å². The molecule has 110 valence electrons. The molecule has 0 aliphatic carbocycles. The highest BCUT2D eigenvalue weighted by Crippen LogP contribution is 2.23. The molecule has 1 aromatic heterocycles. The predicted molar refractivity (Wildman–Crippen MR) is 80.4 cm³/mol. The van der Waals surface area contributed by atoms with Crippen LogP contribution in [0.4, 0.5) is 0 Å². The van der Waals surface area contributed by atoms with Crippen LogP contribution in [0.5, 0.6) is 0 Å². The van der Waals surface area contributed by atoms with Gasteiger partial charge in [-0.05, 0) is 39.0 Å². The Labute approximate surface area is 124 Å². The SMILES string of the molecule is CC(N)(C#N)CCCCSc1nnc2n1CCCCC2. The van der Waals surface area contributed by atoms with Gasteiger partial charge in [-0.1, -0.05) is 18.2 Å². The smallest absolute Gasteiger partial charge is 0.191 e. The molecule has 6 heteroatoms. The maximum atomic E-state index is 8.86. The average Bonchev–Trinajstić information content (AvgIpc) is 2.67. The Kier molecular flexibility index (Phi) is 5.44. The molecule has 1 aliphatic heterocycles. The Morgan fingerprint density at radius 3 is 3.00 bits per heavy atom. The third-order valence-electron chi connectivity index (χ3n) is 3.65. The van der Waals surface area contributed by atoms with Crippen LogP contribution in [0.2, 0.25) is 0 Å². The van der Waals surface area contributed by atoms with Gasteiger partial charge in [-0.25, -0.2) is 0 Å². The van der Waals surface area contributed by atoms with Gasteiger partial charge < -0.3 is 10.3 Å². The van der Waals surface area contributed by atoms with Crippen molar-refractivity contribution in [3.05, 3.63) is 5.82 Å². The molecule has 0 saturated heterocycles. The summed E-state index contributed by atoms with van der Waals surface area (Å²) in [5.41, 5.74) is 5.12. The monoisotopic (exact) mass is 293 g/mol. The maximum Gasteiger partial charge on any atom is 0.191 e. The third kappa shape index (κ3) is 4.22. The molecule has 1 aromatic rings. The van der Waals surface area contributed by atoms with Crippen LogP contribution in [0, 0.1) is 11.3 Å². The molecule has 5 nitrogen and oxygen atoms in total. The largest absolute Gasteiger partial charge is 0.314 e. The van der Waals surface area contributed by atoms with Crippen molar-refractivity contribution in [3.63, 3.8) is 0 Å². The highest BCUT2D eigenvalue weighted by molar-refractivity contribution is 7.99. The molecule has 20 heavy (non-hydrogen) atoms. The number of fused-ring (bicyclic) bond motifs is 1. The maximum absolute atomic E-state index is 8.86. The molecule has 1 unspecified atom stereocenters. The summed E-state index contributed by atoms with van der Waals surface area (Å²) < 4.78 is 2.28. The van der Waals surface area contributed by atoms with Gasteiger partial charge in [0.05, 0.1) is 6.07 Å². The number of aromatic nitrogens is 3. The Balaban J connectivity index is 1.75. The minimum absolute atomic E-state index is 0.684. The van der Waals surface area contributed by atoms with Gasteiger partial charge in [-0.3, -0.25) is 0 Å². The third-order valence-corrected chi connectivity index (χ3v) is 4.71. The normalized spacial score (nSPS) is 17.9.